The number of hydrogen-bond donors (Lipinski definition) is 1. The number of carbonyl (C=O) groups excluding carboxylic acids is 1. The minimum atomic E-state index is -0.461. The van der Waals surface area contributed by atoms with Crippen LogP contribution in [0.4, 0.5) is 10.8 Å². The van der Waals surface area contributed by atoms with Crippen molar-refractivity contribution in [3.05, 3.63) is 51.0 Å². The number of nitro groups is 1. The molecule has 136 valence electrons. The Kier molecular flexibility index (Phi) is 6.03. The zero-order valence-corrected chi connectivity index (χ0v) is 14.9. The van der Waals surface area contributed by atoms with Gasteiger partial charge in [0.25, 0.3) is 5.69 Å². The average Bonchev–Trinajstić information content (AvgIpc) is 3.08. The molecule has 0 spiro atoms. The van der Waals surface area contributed by atoms with Crippen LogP contribution in [0.2, 0.25) is 0 Å². The van der Waals surface area contributed by atoms with E-state index in [0.717, 1.165) is 24.6 Å². The van der Waals surface area contributed by atoms with E-state index in [0.29, 0.717) is 10.7 Å². The van der Waals surface area contributed by atoms with Gasteiger partial charge in [0, 0.05) is 18.2 Å². The first-order chi connectivity index (χ1) is 12.6. The standard InChI is InChI=1S/C17H19N5O3S/c23-15(9-6-13-4-7-14(8-5-13)22(24)25)18-17-20-19-16(26-17)12-21-10-2-1-3-11-21/h4-9H,1-3,10-12H2,(H,18,20,23)/b9-6+. The summed E-state index contributed by atoms with van der Waals surface area (Å²) >= 11 is 1.38. The van der Waals surface area contributed by atoms with Crippen molar-refractivity contribution in [2.45, 2.75) is 25.8 Å². The maximum absolute atomic E-state index is 12.0. The second kappa shape index (κ2) is 8.63. The monoisotopic (exact) mass is 373 g/mol. The molecular weight excluding hydrogens is 354 g/mol. The van der Waals surface area contributed by atoms with Crippen LogP contribution in [0.3, 0.4) is 0 Å². The molecule has 0 aliphatic carbocycles. The smallest absolute Gasteiger partial charge is 0.269 e. The fraction of sp³-hybridized carbons (Fsp3) is 0.353. The van der Waals surface area contributed by atoms with Gasteiger partial charge in [0.05, 0.1) is 11.5 Å². The quantitative estimate of drug-likeness (QED) is 0.474. The molecule has 1 N–H and O–H groups in total. The first-order valence-electron chi connectivity index (χ1n) is 8.38. The highest BCUT2D eigenvalue weighted by atomic mass is 32.1. The van der Waals surface area contributed by atoms with Crippen molar-refractivity contribution < 1.29 is 9.72 Å². The number of nitrogens with one attached hydrogen (secondary N) is 1. The molecule has 2 heterocycles. The highest BCUT2D eigenvalue weighted by molar-refractivity contribution is 7.15. The number of amides is 1. The van der Waals surface area contributed by atoms with Crippen LogP contribution in [-0.4, -0.2) is 39.0 Å². The van der Waals surface area contributed by atoms with Crippen molar-refractivity contribution in [1.82, 2.24) is 15.1 Å². The predicted octanol–water partition coefficient (Wildman–Crippen LogP) is 3.08. The molecule has 0 atom stereocenters. The molecule has 8 nitrogen and oxygen atoms in total. The van der Waals surface area contributed by atoms with Gasteiger partial charge < -0.3 is 0 Å². The average molecular weight is 373 g/mol. The first-order valence-corrected chi connectivity index (χ1v) is 9.20. The summed E-state index contributed by atoms with van der Waals surface area (Å²) in [5, 5.41) is 22.8. The van der Waals surface area contributed by atoms with Gasteiger partial charge in [0.15, 0.2) is 0 Å². The summed E-state index contributed by atoms with van der Waals surface area (Å²) in [7, 11) is 0. The molecule has 1 fully saturated rings. The number of aromatic nitrogens is 2. The van der Waals surface area contributed by atoms with Crippen molar-refractivity contribution in [2.75, 3.05) is 18.4 Å². The molecule has 1 aliphatic heterocycles. The molecule has 1 aliphatic rings. The number of benzene rings is 1. The van der Waals surface area contributed by atoms with Crippen molar-refractivity contribution in [2.24, 2.45) is 0 Å². The SMILES string of the molecule is O=C(/C=C/c1ccc([N+](=O)[O-])cc1)Nc1nnc(CN2CCCCC2)s1. The zero-order valence-electron chi connectivity index (χ0n) is 14.1. The van der Waals surface area contributed by atoms with Crippen molar-refractivity contribution in [3.8, 4) is 0 Å². The Morgan fingerprint density at radius 3 is 2.65 bits per heavy atom. The van der Waals surface area contributed by atoms with Crippen LogP contribution in [-0.2, 0) is 11.3 Å². The van der Waals surface area contributed by atoms with Crippen LogP contribution in [0.5, 0.6) is 0 Å². The van der Waals surface area contributed by atoms with Gasteiger partial charge in [0.1, 0.15) is 5.01 Å². The normalized spacial score (nSPS) is 15.2. The number of anilines is 1. The van der Waals surface area contributed by atoms with Gasteiger partial charge in [-0.05, 0) is 49.7 Å². The Labute approximate surface area is 154 Å². The Balaban J connectivity index is 1.52. The fourth-order valence-electron chi connectivity index (χ4n) is 2.70. The van der Waals surface area contributed by atoms with Crippen molar-refractivity contribution in [3.63, 3.8) is 0 Å². The van der Waals surface area contributed by atoms with Crippen LogP contribution in [0.25, 0.3) is 6.08 Å². The number of likely N-dealkylation sites (tertiary alicyclic amines) is 1. The molecule has 2 aromatic rings. The summed E-state index contributed by atoms with van der Waals surface area (Å²) in [6.07, 6.45) is 6.68. The highest BCUT2D eigenvalue weighted by Crippen LogP contribution is 2.19. The summed E-state index contributed by atoms with van der Waals surface area (Å²) < 4.78 is 0. The van der Waals surface area contributed by atoms with E-state index in [1.165, 1.54) is 48.8 Å². The molecule has 1 aromatic heterocycles. The minimum Gasteiger partial charge on any atom is -0.297 e. The Hall–Kier alpha value is -2.65. The molecule has 0 saturated carbocycles. The number of nitrogens with zero attached hydrogens (tertiary/aromatic N) is 4. The third kappa shape index (κ3) is 5.17. The van der Waals surface area contributed by atoms with E-state index >= 15 is 0 Å². The maximum Gasteiger partial charge on any atom is 0.269 e. The van der Waals surface area contributed by atoms with E-state index in [2.05, 4.69) is 20.4 Å². The largest absolute Gasteiger partial charge is 0.297 e. The summed E-state index contributed by atoms with van der Waals surface area (Å²) in [6.45, 7) is 2.94. The molecule has 1 amide bonds. The number of piperidine rings is 1. The molecule has 0 unspecified atom stereocenters. The van der Waals surface area contributed by atoms with Crippen LogP contribution < -0.4 is 5.32 Å². The van der Waals surface area contributed by atoms with Gasteiger partial charge in [-0.2, -0.15) is 0 Å². The summed E-state index contributed by atoms with van der Waals surface area (Å²) in [6, 6.07) is 5.97. The molecule has 1 aromatic carbocycles. The lowest BCUT2D eigenvalue weighted by molar-refractivity contribution is -0.384. The van der Waals surface area contributed by atoms with Crippen LogP contribution in [0.15, 0.2) is 30.3 Å². The fourth-order valence-corrected chi connectivity index (χ4v) is 3.49. The van der Waals surface area contributed by atoms with E-state index < -0.39 is 4.92 Å². The number of carbonyl (C=O) groups is 1. The Morgan fingerprint density at radius 1 is 1.23 bits per heavy atom. The zero-order chi connectivity index (χ0) is 18.4. The second-order valence-electron chi connectivity index (χ2n) is 6.01. The van der Waals surface area contributed by atoms with Crippen LogP contribution in [0.1, 0.15) is 29.8 Å². The van der Waals surface area contributed by atoms with Gasteiger partial charge in [-0.3, -0.25) is 25.1 Å². The van der Waals surface area contributed by atoms with Crippen molar-refractivity contribution in [1.29, 1.82) is 0 Å². The van der Waals surface area contributed by atoms with Crippen molar-refractivity contribution >= 4 is 34.1 Å². The van der Waals surface area contributed by atoms with Gasteiger partial charge in [-0.25, -0.2) is 0 Å². The van der Waals surface area contributed by atoms with Gasteiger partial charge in [-0.15, -0.1) is 10.2 Å². The van der Waals surface area contributed by atoms with Gasteiger partial charge in [-0.1, -0.05) is 17.8 Å². The molecule has 3 rings (SSSR count). The third-order valence-electron chi connectivity index (χ3n) is 4.04. The number of non-ortho nitro benzene ring substituents is 1. The lowest BCUT2D eigenvalue weighted by Gasteiger charge is -2.24. The number of nitro benzene ring substituents is 1. The molecule has 0 radical (unpaired) electrons. The second-order valence-corrected chi connectivity index (χ2v) is 7.07. The minimum absolute atomic E-state index is 0.0155. The van der Waals surface area contributed by atoms with E-state index in [9.17, 15) is 14.9 Å². The first kappa shape index (κ1) is 18.2. The highest BCUT2D eigenvalue weighted by Gasteiger charge is 2.13. The maximum atomic E-state index is 12.0. The molecule has 26 heavy (non-hydrogen) atoms. The topological polar surface area (TPSA) is 101 Å². The van der Waals surface area contributed by atoms with E-state index in [1.54, 1.807) is 18.2 Å². The Morgan fingerprint density at radius 2 is 1.96 bits per heavy atom. The molecular formula is C17H19N5O3S. The van der Waals surface area contributed by atoms with E-state index in [4.69, 9.17) is 0 Å². The van der Waals surface area contributed by atoms with Crippen LogP contribution in [0, 0.1) is 10.1 Å². The lowest BCUT2D eigenvalue weighted by atomic mass is 10.1. The Bertz CT molecular complexity index is 797. The lowest BCUT2D eigenvalue weighted by Crippen LogP contribution is -2.28. The summed E-state index contributed by atoms with van der Waals surface area (Å²) in [4.78, 5) is 24.5. The number of hydrogen-bond acceptors (Lipinski definition) is 7. The predicted molar refractivity (Wildman–Crippen MR) is 99.8 cm³/mol. The van der Waals surface area contributed by atoms with Gasteiger partial charge in [0.2, 0.25) is 11.0 Å². The molecule has 9 heteroatoms. The molecule has 1 saturated heterocycles. The molecule has 0 bridgehead atoms. The van der Waals surface area contributed by atoms with E-state index in [1.807, 2.05) is 0 Å². The van der Waals surface area contributed by atoms with Gasteiger partial charge >= 0.3 is 0 Å². The number of rotatable bonds is 6. The third-order valence-corrected chi connectivity index (χ3v) is 4.86. The summed E-state index contributed by atoms with van der Waals surface area (Å²) in [5.41, 5.74) is 0.718. The van der Waals surface area contributed by atoms with Crippen LogP contribution >= 0.6 is 11.3 Å². The summed E-state index contributed by atoms with van der Waals surface area (Å²) in [5.74, 6) is -0.316. The van der Waals surface area contributed by atoms with E-state index in [-0.39, 0.29) is 11.6 Å².